The Bertz CT molecular complexity index is 1210. The lowest BCUT2D eigenvalue weighted by molar-refractivity contribution is -0.118. The zero-order valence-corrected chi connectivity index (χ0v) is 22.5. The van der Waals surface area contributed by atoms with Crippen molar-refractivity contribution in [3.63, 3.8) is 0 Å². The third kappa shape index (κ3) is 9.35. The Morgan fingerprint density at radius 1 is 1.09 bits per heavy atom. The van der Waals surface area contributed by atoms with Gasteiger partial charge in [-0.3, -0.25) is 14.3 Å². The predicted molar refractivity (Wildman–Crippen MR) is 153 cm³/mol. The standard InChI is InChI=1S/C22H24N4O4S3.C2H6.3H2/c1-31-13-12-18(23-20(27)16-8-10-17(11-9-16)26-33(2,29)30)21(28)25-22-24-19(14-32-22)15-6-4-3-5-7-15;1-2;;;/h3-11,14,18,26H,12-13H2,1-2H3,(H,23,27)(H,24,25,28);1-2H3;3*1H. The fraction of sp³-hybridized carbons (Fsp3) is 0.292. The Kier molecular flexibility index (Phi) is 11.2. The highest BCUT2D eigenvalue weighted by molar-refractivity contribution is 7.98. The summed E-state index contributed by atoms with van der Waals surface area (Å²) < 4.78 is 25.0. The zero-order valence-electron chi connectivity index (χ0n) is 20.1. The number of sulfonamides is 1. The molecule has 1 atom stereocenters. The van der Waals surface area contributed by atoms with Crippen LogP contribution in [-0.2, 0) is 14.8 Å². The fourth-order valence-electron chi connectivity index (χ4n) is 2.91. The number of anilines is 2. The molecule has 0 fully saturated rings. The molecule has 0 bridgehead atoms. The highest BCUT2D eigenvalue weighted by atomic mass is 32.2. The minimum atomic E-state index is -3.41. The third-order valence-corrected chi connectivity index (χ3v) is 6.49. The topological polar surface area (TPSA) is 117 Å². The van der Waals surface area contributed by atoms with E-state index in [0.717, 1.165) is 17.5 Å². The van der Waals surface area contributed by atoms with Crippen molar-refractivity contribution in [2.75, 3.05) is 28.3 Å². The third-order valence-electron chi connectivity index (χ3n) is 4.49. The molecule has 0 aliphatic rings. The van der Waals surface area contributed by atoms with E-state index in [-0.39, 0.29) is 10.2 Å². The monoisotopic (exact) mass is 540 g/mol. The maximum atomic E-state index is 12.9. The zero-order chi connectivity index (χ0) is 25.8. The number of hydrogen-bond donors (Lipinski definition) is 3. The van der Waals surface area contributed by atoms with Crippen LogP contribution in [0.4, 0.5) is 10.8 Å². The van der Waals surface area contributed by atoms with Gasteiger partial charge in [-0.1, -0.05) is 44.2 Å². The van der Waals surface area contributed by atoms with E-state index in [2.05, 4.69) is 20.3 Å². The van der Waals surface area contributed by atoms with Crippen molar-refractivity contribution >= 4 is 55.8 Å². The van der Waals surface area contributed by atoms with E-state index in [9.17, 15) is 18.0 Å². The first-order valence-electron chi connectivity index (χ1n) is 10.9. The number of carbonyl (C=O) groups is 2. The molecule has 8 nitrogen and oxygen atoms in total. The molecule has 1 aromatic heterocycles. The molecule has 0 aliphatic carbocycles. The van der Waals surface area contributed by atoms with Crippen molar-refractivity contribution in [2.24, 2.45) is 0 Å². The van der Waals surface area contributed by atoms with Gasteiger partial charge in [0.25, 0.3) is 5.91 Å². The van der Waals surface area contributed by atoms with Crippen LogP contribution in [0.2, 0.25) is 0 Å². The first-order valence-corrected chi connectivity index (χ1v) is 15.1. The molecule has 3 aromatic rings. The molecule has 0 aliphatic heterocycles. The normalized spacial score (nSPS) is 11.5. The van der Waals surface area contributed by atoms with Gasteiger partial charge in [-0.15, -0.1) is 11.3 Å². The first-order chi connectivity index (χ1) is 16.7. The SMILES string of the molecule is CC.CSCCC(NC(=O)c1ccc(NS(C)(=O)=O)cc1)C(=O)Nc1nc(-c2ccccc2)cs1.[HH].[HH].[HH]. The number of nitrogens with one attached hydrogen (secondary N) is 3. The molecule has 35 heavy (non-hydrogen) atoms. The Morgan fingerprint density at radius 3 is 2.34 bits per heavy atom. The molecular weight excluding hydrogens is 504 g/mol. The molecule has 2 amide bonds. The molecule has 1 heterocycles. The largest absolute Gasteiger partial charge is 0.340 e. The van der Waals surface area contributed by atoms with E-state index in [1.165, 1.54) is 35.6 Å². The molecule has 1 unspecified atom stereocenters. The van der Waals surface area contributed by atoms with Crippen molar-refractivity contribution < 1.29 is 22.3 Å². The van der Waals surface area contributed by atoms with Crippen molar-refractivity contribution in [1.29, 1.82) is 0 Å². The first kappa shape index (κ1) is 28.3. The van der Waals surface area contributed by atoms with Gasteiger partial charge in [-0.25, -0.2) is 13.4 Å². The van der Waals surface area contributed by atoms with Gasteiger partial charge in [0, 0.05) is 26.5 Å². The Balaban J connectivity index is 0. The van der Waals surface area contributed by atoms with Gasteiger partial charge in [-0.2, -0.15) is 11.8 Å². The maximum absolute atomic E-state index is 12.9. The highest BCUT2D eigenvalue weighted by Crippen LogP contribution is 2.24. The van der Waals surface area contributed by atoms with Gasteiger partial charge in [0.15, 0.2) is 5.13 Å². The van der Waals surface area contributed by atoms with Crippen LogP contribution in [0, 0.1) is 0 Å². The average molecular weight is 541 g/mol. The molecule has 0 saturated heterocycles. The summed E-state index contributed by atoms with van der Waals surface area (Å²) in [6, 6.07) is 14.9. The van der Waals surface area contributed by atoms with E-state index in [4.69, 9.17) is 0 Å². The lowest BCUT2D eigenvalue weighted by Gasteiger charge is -2.17. The smallest absolute Gasteiger partial charge is 0.251 e. The van der Waals surface area contributed by atoms with E-state index < -0.39 is 22.0 Å². The number of aromatic nitrogens is 1. The van der Waals surface area contributed by atoms with Crippen LogP contribution >= 0.6 is 23.1 Å². The Labute approximate surface area is 219 Å². The molecule has 11 heteroatoms. The summed E-state index contributed by atoms with van der Waals surface area (Å²) in [5.74, 6) is -0.0871. The fourth-order valence-corrected chi connectivity index (χ4v) is 4.67. The minimum absolute atomic E-state index is 0. The maximum Gasteiger partial charge on any atom is 0.251 e. The van der Waals surface area contributed by atoms with E-state index in [1.54, 1.807) is 11.8 Å². The van der Waals surface area contributed by atoms with Crippen LogP contribution in [-0.4, -0.2) is 49.5 Å². The van der Waals surface area contributed by atoms with Gasteiger partial charge >= 0.3 is 0 Å². The summed E-state index contributed by atoms with van der Waals surface area (Å²) in [4.78, 5) is 30.1. The highest BCUT2D eigenvalue weighted by Gasteiger charge is 2.22. The average Bonchev–Trinajstić information content (AvgIpc) is 3.31. The van der Waals surface area contributed by atoms with Crippen LogP contribution in [0.1, 0.15) is 34.9 Å². The van der Waals surface area contributed by atoms with Gasteiger partial charge in [0.2, 0.25) is 15.9 Å². The molecular formula is C24H36N4O4S3. The van der Waals surface area contributed by atoms with Gasteiger partial charge in [0.1, 0.15) is 6.04 Å². The number of hydrogen-bond acceptors (Lipinski definition) is 7. The second kappa shape index (κ2) is 13.9. The van der Waals surface area contributed by atoms with Gasteiger partial charge < -0.3 is 10.6 Å². The summed E-state index contributed by atoms with van der Waals surface area (Å²) in [6.07, 6.45) is 3.43. The number of amides is 2. The lowest BCUT2D eigenvalue weighted by atomic mass is 10.1. The van der Waals surface area contributed by atoms with Crippen molar-refractivity contribution in [3.8, 4) is 11.3 Å². The summed E-state index contributed by atoms with van der Waals surface area (Å²) in [5, 5.41) is 7.89. The van der Waals surface area contributed by atoms with E-state index >= 15 is 0 Å². The molecule has 3 N–H and O–H groups in total. The summed E-state index contributed by atoms with van der Waals surface area (Å²) >= 11 is 2.89. The number of thiazole rings is 1. The molecule has 3 rings (SSSR count). The van der Waals surface area contributed by atoms with E-state index in [0.29, 0.717) is 28.6 Å². The van der Waals surface area contributed by atoms with Crippen LogP contribution in [0.25, 0.3) is 11.3 Å². The molecule has 0 saturated carbocycles. The quantitative estimate of drug-likeness (QED) is 0.315. The number of benzene rings is 2. The molecule has 194 valence electrons. The van der Waals surface area contributed by atoms with Crippen LogP contribution in [0.5, 0.6) is 0 Å². The lowest BCUT2D eigenvalue weighted by Crippen LogP contribution is -2.44. The van der Waals surface area contributed by atoms with Crippen molar-refractivity contribution in [3.05, 3.63) is 65.5 Å². The predicted octanol–water partition coefficient (Wildman–Crippen LogP) is 5.44. The second-order valence-electron chi connectivity index (χ2n) is 7.15. The van der Waals surface area contributed by atoms with Crippen molar-refractivity contribution in [1.82, 2.24) is 10.3 Å². The van der Waals surface area contributed by atoms with Gasteiger partial charge in [0.05, 0.1) is 11.9 Å². The van der Waals surface area contributed by atoms with E-state index in [1.807, 2.05) is 55.8 Å². The molecule has 0 radical (unpaired) electrons. The molecule has 2 aromatic carbocycles. The summed E-state index contributed by atoms with van der Waals surface area (Å²) in [6.45, 7) is 4.00. The van der Waals surface area contributed by atoms with Crippen LogP contribution in [0.15, 0.2) is 60.0 Å². The number of carbonyl (C=O) groups excluding carboxylic acids is 2. The number of nitrogens with zero attached hydrogens (tertiary/aromatic N) is 1. The minimum Gasteiger partial charge on any atom is -0.340 e. The number of thioether (sulfide) groups is 1. The number of rotatable bonds is 10. The Hall–Kier alpha value is -2.89. The summed E-state index contributed by atoms with van der Waals surface area (Å²) in [5.41, 5.74) is 2.39. The molecule has 0 spiro atoms. The van der Waals surface area contributed by atoms with Gasteiger partial charge in [-0.05, 0) is 42.7 Å². The Morgan fingerprint density at radius 2 is 1.74 bits per heavy atom. The van der Waals surface area contributed by atoms with Crippen LogP contribution < -0.4 is 15.4 Å². The van der Waals surface area contributed by atoms with Crippen LogP contribution in [0.3, 0.4) is 0 Å². The van der Waals surface area contributed by atoms with Crippen molar-refractivity contribution in [2.45, 2.75) is 26.3 Å². The second-order valence-corrected chi connectivity index (χ2v) is 10.7. The summed E-state index contributed by atoms with van der Waals surface area (Å²) in [7, 11) is -3.41.